The lowest BCUT2D eigenvalue weighted by molar-refractivity contribution is 0.192. The third-order valence-electron chi connectivity index (χ3n) is 6.04. The van der Waals surface area contributed by atoms with Gasteiger partial charge < -0.3 is 4.90 Å². The van der Waals surface area contributed by atoms with E-state index in [4.69, 9.17) is 0 Å². The predicted octanol–water partition coefficient (Wildman–Crippen LogP) is 5.75. The van der Waals surface area contributed by atoms with Gasteiger partial charge in [0.2, 0.25) is 0 Å². The van der Waals surface area contributed by atoms with Crippen LogP contribution in [0.25, 0.3) is 0 Å². The lowest BCUT2D eigenvalue weighted by Crippen LogP contribution is -2.49. The Bertz CT molecular complexity index is 1270. The molecule has 178 valence electrons. The van der Waals surface area contributed by atoms with Gasteiger partial charge in [-0.2, -0.15) is 0 Å². The third-order valence-corrected chi connectivity index (χ3v) is 7.42. The minimum atomic E-state index is -3.72. The fourth-order valence-corrected chi connectivity index (χ4v) is 5.28. The molecular formula is C27H31N3O3S. The fourth-order valence-electron chi connectivity index (χ4n) is 4.13. The van der Waals surface area contributed by atoms with Gasteiger partial charge in [0.15, 0.2) is 0 Å². The number of hydrogen-bond donors (Lipinski definition) is 1. The van der Waals surface area contributed by atoms with E-state index in [1.54, 1.807) is 41.3 Å². The molecule has 0 spiro atoms. The Balaban J connectivity index is 1.49. The van der Waals surface area contributed by atoms with E-state index in [0.717, 1.165) is 17.5 Å². The van der Waals surface area contributed by atoms with Crippen molar-refractivity contribution < 1.29 is 13.2 Å². The molecule has 1 aliphatic heterocycles. The number of nitrogens with one attached hydrogen (secondary N) is 1. The number of sulfonamides is 1. The monoisotopic (exact) mass is 477 g/mol. The molecule has 34 heavy (non-hydrogen) atoms. The fraction of sp³-hybridized carbons (Fsp3) is 0.296. The van der Waals surface area contributed by atoms with Gasteiger partial charge in [-0.25, -0.2) is 13.2 Å². The van der Waals surface area contributed by atoms with Gasteiger partial charge in [0.1, 0.15) is 0 Å². The first kappa shape index (κ1) is 23.8. The van der Waals surface area contributed by atoms with E-state index in [2.05, 4.69) is 42.8 Å². The predicted molar refractivity (Wildman–Crippen MR) is 137 cm³/mol. The molecule has 1 heterocycles. The van der Waals surface area contributed by atoms with Crippen molar-refractivity contribution in [2.24, 2.45) is 0 Å². The van der Waals surface area contributed by atoms with Crippen LogP contribution >= 0.6 is 0 Å². The summed E-state index contributed by atoms with van der Waals surface area (Å²) in [6, 6.07) is 22.1. The number of nitrogens with zero attached hydrogens (tertiary/aromatic N) is 2. The Kier molecular flexibility index (Phi) is 6.93. The summed E-state index contributed by atoms with van der Waals surface area (Å²) in [5, 5.41) is 0. The Hall–Kier alpha value is -3.32. The molecule has 0 radical (unpaired) electrons. The van der Waals surface area contributed by atoms with Gasteiger partial charge in [-0.1, -0.05) is 56.3 Å². The highest BCUT2D eigenvalue weighted by Crippen LogP contribution is 2.26. The van der Waals surface area contributed by atoms with Crippen LogP contribution in [0, 0.1) is 6.92 Å². The second kappa shape index (κ2) is 9.89. The summed E-state index contributed by atoms with van der Waals surface area (Å²) in [4.78, 5) is 17.0. The second-order valence-corrected chi connectivity index (χ2v) is 10.8. The molecule has 1 fully saturated rings. The zero-order valence-corrected chi connectivity index (χ0v) is 20.7. The largest absolute Gasteiger partial charge is 0.324 e. The highest BCUT2D eigenvalue weighted by molar-refractivity contribution is 7.92. The molecule has 1 aliphatic rings. The number of amides is 2. The minimum absolute atomic E-state index is 0.0714. The highest BCUT2D eigenvalue weighted by Gasteiger charge is 2.27. The van der Waals surface area contributed by atoms with E-state index in [1.165, 1.54) is 5.56 Å². The van der Waals surface area contributed by atoms with Crippen LogP contribution in [0.5, 0.6) is 0 Å². The van der Waals surface area contributed by atoms with Crippen molar-refractivity contribution in [3.05, 3.63) is 89.5 Å². The number of anilines is 2. The molecule has 0 atom stereocenters. The molecule has 7 heteroatoms. The van der Waals surface area contributed by atoms with Gasteiger partial charge >= 0.3 is 6.03 Å². The normalized spacial score (nSPS) is 14.5. The lowest BCUT2D eigenvalue weighted by atomic mass is 10.0. The number of urea groups is 1. The van der Waals surface area contributed by atoms with Gasteiger partial charge in [-0.05, 0) is 66.3 Å². The summed E-state index contributed by atoms with van der Waals surface area (Å²) in [5.41, 5.74) is 4.34. The van der Waals surface area contributed by atoms with Crippen molar-refractivity contribution in [2.75, 3.05) is 22.7 Å². The average molecular weight is 478 g/mol. The first-order valence-corrected chi connectivity index (χ1v) is 13.1. The standard InChI is InChI=1S/C27H31N3O3S/c1-20(2)23-13-11-22(12-14-23)19-29-15-6-16-30(27(29)31)25-9-5-8-24(18-25)28-34(32,33)26-10-4-7-21(3)17-26/h4-5,7-14,17-18,20,28H,6,15-16,19H2,1-3H3. The van der Waals surface area contributed by atoms with Crippen LogP contribution in [-0.4, -0.2) is 32.4 Å². The molecule has 0 saturated carbocycles. The number of hydrogen-bond acceptors (Lipinski definition) is 3. The Morgan fingerprint density at radius 3 is 2.38 bits per heavy atom. The number of benzene rings is 3. The van der Waals surface area contributed by atoms with Crippen molar-refractivity contribution in [3.63, 3.8) is 0 Å². The van der Waals surface area contributed by atoms with Crippen LogP contribution in [-0.2, 0) is 16.6 Å². The Labute approximate surface area is 202 Å². The van der Waals surface area contributed by atoms with Gasteiger partial charge in [0, 0.05) is 25.3 Å². The molecule has 0 unspecified atom stereocenters. The Morgan fingerprint density at radius 2 is 1.68 bits per heavy atom. The van der Waals surface area contributed by atoms with E-state index in [9.17, 15) is 13.2 Å². The quantitative estimate of drug-likeness (QED) is 0.471. The van der Waals surface area contributed by atoms with Crippen molar-refractivity contribution >= 4 is 27.4 Å². The summed E-state index contributed by atoms with van der Waals surface area (Å²) < 4.78 is 28.3. The highest BCUT2D eigenvalue weighted by atomic mass is 32.2. The topological polar surface area (TPSA) is 69.7 Å². The number of carbonyl (C=O) groups is 1. The first-order chi connectivity index (χ1) is 16.2. The molecule has 1 N–H and O–H groups in total. The molecule has 4 rings (SSSR count). The van der Waals surface area contributed by atoms with Crippen LogP contribution in [0.3, 0.4) is 0 Å². The zero-order valence-electron chi connectivity index (χ0n) is 19.9. The van der Waals surface area contributed by atoms with Gasteiger partial charge in [0.05, 0.1) is 10.6 Å². The summed E-state index contributed by atoms with van der Waals surface area (Å²) in [6.45, 7) is 8.02. The molecule has 0 aliphatic carbocycles. The number of carbonyl (C=O) groups excluding carboxylic acids is 1. The SMILES string of the molecule is Cc1cccc(S(=O)(=O)Nc2cccc(N3CCCN(Cc4ccc(C(C)C)cc4)C3=O)c2)c1. The summed E-state index contributed by atoms with van der Waals surface area (Å²) in [7, 11) is -3.72. The lowest BCUT2D eigenvalue weighted by Gasteiger charge is -2.36. The molecular weight excluding hydrogens is 446 g/mol. The molecule has 1 saturated heterocycles. The third kappa shape index (κ3) is 5.42. The maximum absolute atomic E-state index is 13.3. The van der Waals surface area contributed by atoms with Gasteiger partial charge in [-0.15, -0.1) is 0 Å². The van der Waals surface area contributed by atoms with Crippen LogP contribution in [0.4, 0.5) is 16.2 Å². The van der Waals surface area contributed by atoms with E-state index >= 15 is 0 Å². The zero-order chi connectivity index (χ0) is 24.3. The van der Waals surface area contributed by atoms with Crippen LogP contribution in [0.1, 0.15) is 42.9 Å². The van der Waals surface area contributed by atoms with Crippen LogP contribution in [0.15, 0.2) is 77.7 Å². The van der Waals surface area contributed by atoms with E-state index < -0.39 is 10.0 Å². The van der Waals surface area contributed by atoms with Gasteiger partial charge in [0.25, 0.3) is 10.0 Å². The van der Waals surface area contributed by atoms with E-state index in [0.29, 0.717) is 36.9 Å². The molecule has 0 bridgehead atoms. The number of aryl methyl sites for hydroxylation is 1. The maximum Gasteiger partial charge on any atom is 0.324 e. The van der Waals surface area contributed by atoms with Crippen molar-refractivity contribution in [1.29, 1.82) is 0 Å². The summed E-state index contributed by atoms with van der Waals surface area (Å²) in [6.07, 6.45) is 0.842. The minimum Gasteiger partial charge on any atom is -0.320 e. The molecule has 0 aromatic heterocycles. The molecule has 2 amide bonds. The molecule has 3 aromatic carbocycles. The average Bonchev–Trinajstić information content (AvgIpc) is 2.81. The van der Waals surface area contributed by atoms with E-state index in [-0.39, 0.29) is 10.9 Å². The molecule has 6 nitrogen and oxygen atoms in total. The molecule has 3 aromatic rings. The van der Waals surface area contributed by atoms with Crippen LogP contribution < -0.4 is 9.62 Å². The van der Waals surface area contributed by atoms with E-state index in [1.807, 2.05) is 24.0 Å². The first-order valence-electron chi connectivity index (χ1n) is 11.6. The summed E-state index contributed by atoms with van der Waals surface area (Å²) >= 11 is 0. The van der Waals surface area contributed by atoms with Crippen molar-refractivity contribution in [3.8, 4) is 0 Å². The number of rotatable bonds is 7. The summed E-state index contributed by atoms with van der Waals surface area (Å²) in [5.74, 6) is 0.469. The second-order valence-electron chi connectivity index (χ2n) is 9.08. The van der Waals surface area contributed by atoms with Gasteiger partial charge in [-0.3, -0.25) is 9.62 Å². The van der Waals surface area contributed by atoms with Crippen molar-refractivity contribution in [2.45, 2.75) is 44.6 Å². The maximum atomic E-state index is 13.3. The Morgan fingerprint density at radius 1 is 0.941 bits per heavy atom. The van der Waals surface area contributed by atoms with Crippen molar-refractivity contribution in [1.82, 2.24) is 4.90 Å². The van der Waals surface area contributed by atoms with Crippen LogP contribution in [0.2, 0.25) is 0 Å². The smallest absolute Gasteiger partial charge is 0.320 e.